The third-order valence-corrected chi connectivity index (χ3v) is 3.48. The zero-order valence-corrected chi connectivity index (χ0v) is 14.4. The van der Waals surface area contributed by atoms with E-state index in [1.165, 1.54) is 19.3 Å². The maximum absolute atomic E-state index is 4.41. The first-order valence-corrected chi connectivity index (χ1v) is 8.34. The first-order valence-electron chi connectivity index (χ1n) is 8.34. The second kappa shape index (κ2) is 9.72. The molecule has 1 aromatic heterocycles. The maximum atomic E-state index is 4.41. The van der Waals surface area contributed by atoms with Crippen molar-refractivity contribution in [2.45, 2.75) is 66.5 Å². The lowest BCUT2D eigenvalue weighted by molar-refractivity contribution is 0.545. The summed E-state index contributed by atoms with van der Waals surface area (Å²) in [5.74, 6) is 1.65. The third kappa shape index (κ3) is 6.89. The molecule has 0 saturated carbocycles. The van der Waals surface area contributed by atoms with Gasteiger partial charge in [0.05, 0.1) is 5.69 Å². The van der Waals surface area contributed by atoms with Gasteiger partial charge in [-0.3, -0.25) is 0 Å². The molecule has 0 unspecified atom stereocenters. The number of nitrogens with zero attached hydrogens (tertiary/aromatic N) is 3. The first kappa shape index (κ1) is 17.9. The minimum absolute atomic E-state index is 0.459. The van der Waals surface area contributed by atoms with Crippen LogP contribution in [0.15, 0.2) is 12.1 Å². The van der Waals surface area contributed by atoms with Gasteiger partial charge in [-0.15, -0.1) is 5.10 Å². The summed E-state index contributed by atoms with van der Waals surface area (Å²) < 4.78 is 0. The fraction of sp³-hybridized carbons (Fsp3) is 0.765. The van der Waals surface area contributed by atoms with Gasteiger partial charge in [0, 0.05) is 19.1 Å². The Morgan fingerprint density at radius 1 is 1.10 bits per heavy atom. The van der Waals surface area contributed by atoms with Crippen LogP contribution in [0.4, 0.5) is 5.82 Å². The molecule has 120 valence electrons. The highest BCUT2D eigenvalue weighted by molar-refractivity contribution is 5.38. The number of aromatic nitrogens is 2. The molecule has 0 radical (unpaired) electrons. The van der Waals surface area contributed by atoms with Crippen LogP contribution in [-0.4, -0.2) is 29.3 Å². The zero-order valence-electron chi connectivity index (χ0n) is 14.4. The van der Waals surface area contributed by atoms with Crippen LogP contribution in [-0.2, 0) is 6.54 Å². The Morgan fingerprint density at radius 3 is 2.38 bits per heavy atom. The van der Waals surface area contributed by atoms with Crippen LogP contribution in [0.2, 0.25) is 0 Å². The van der Waals surface area contributed by atoms with Crippen molar-refractivity contribution in [3.8, 4) is 0 Å². The average molecular weight is 292 g/mol. The van der Waals surface area contributed by atoms with Gasteiger partial charge in [-0.05, 0) is 44.9 Å². The number of hydrogen-bond acceptors (Lipinski definition) is 4. The molecule has 1 N–H and O–H groups in total. The highest BCUT2D eigenvalue weighted by Gasteiger charge is 2.12. The van der Waals surface area contributed by atoms with Crippen molar-refractivity contribution in [2.24, 2.45) is 5.92 Å². The SMILES string of the molecule is CCCCCN(c1ccc(CNCC(C)C)nn1)C(C)C. The predicted molar refractivity (Wildman–Crippen MR) is 90.6 cm³/mol. The van der Waals surface area contributed by atoms with E-state index in [0.717, 1.165) is 31.1 Å². The van der Waals surface area contributed by atoms with Gasteiger partial charge in [0.2, 0.25) is 0 Å². The zero-order chi connectivity index (χ0) is 15.7. The smallest absolute Gasteiger partial charge is 0.151 e. The molecule has 0 saturated heterocycles. The molecule has 0 fully saturated rings. The molecule has 1 rings (SSSR count). The quantitative estimate of drug-likeness (QED) is 0.669. The van der Waals surface area contributed by atoms with E-state index in [9.17, 15) is 0 Å². The third-order valence-electron chi connectivity index (χ3n) is 3.48. The first-order chi connectivity index (χ1) is 10.0. The fourth-order valence-corrected chi connectivity index (χ4v) is 2.26. The van der Waals surface area contributed by atoms with E-state index < -0.39 is 0 Å². The van der Waals surface area contributed by atoms with Crippen LogP contribution in [0.3, 0.4) is 0 Å². The molecule has 0 aliphatic heterocycles. The summed E-state index contributed by atoms with van der Waals surface area (Å²) in [6.45, 7) is 13.9. The van der Waals surface area contributed by atoms with Gasteiger partial charge in [-0.25, -0.2) is 0 Å². The lowest BCUT2D eigenvalue weighted by atomic mass is 10.2. The van der Waals surface area contributed by atoms with Crippen LogP contribution in [0.1, 0.15) is 59.6 Å². The van der Waals surface area contributed by atoms with E-state index >= 15 is 0 Å². The summed E-state index contributed by atoms with van der Waals surface area (Å²) in [6, 6.07) is 4.65. The van der Waals surface area contributed by atoms with Crippen molar-refractivity contribution in [3.05, 3.63) is 17.8 Å². The molecule has 0 bridgehead atoms. The topological polar surface area (TPSA) is 41.0 Å². The van der Waals surface area contributed by atoms with Crippen molar-refractivity contribution in [1.82, 2.24) is 15.5 Å². The van der Waals surface area contributed by atoms with Crippen molar-refractivity contribution < 1.29 is 0 Å². The molecule has 4 heteroatoms. The summed E-state index contributed by atoms with van der Waals surface area (Å²) in [7, 11) is 0. The lowest BCUT2D eigenvalue weighted by Crippen LogP contribution is -2.32. The minimum atomic E-state index is 0.459. The summed E-state index contributed by atoms with van der Waals surface area (Å²) in [5.41, 5.74) is 1.01. The molecule has 0 spiro atoms. The van der Waals surface area contributed by atoms with Gasteiger partial charge in [0.1, 0.15) is 0 Å². The van der Waals surface area contributed by atoms with Crippen LogP contribution >= 0.6 is 0 Å². The van der Waals surface area contributed by atoms with E-state index in [4.69, 9.17) is 0 Å². The van der Waals surface area contributed by atoms with Gasteiger partial charge in [0.15, 0.2) is 5.82 Å². The second-order valence-corrected chi connectivity index (χ2v) is 6.40. The van der Waals surface area contributed by atoms with Gasteiger partial charge < -0.3 is 10.2 Å². The number of hydrogen-bond donors (Lipinski definition) is 1. The predicted octanol–water partition coefficient (Wildman–Crippen LogP) is 3.63. The van der Waals surface area contributed by atoms with E-state index in [0.29, 0.717) is 12.0 Å². The Morgan fingerprint density at radius 2 is 1.86 bits per heavy atom. The molecular weight excluding hydrogens is 260 g/mol. The molecule has 0 aromatic carbocycles. The van der Waals surface area contributed by atoms with Crippen LogP contribution in [0.5, 0.6) is 0 Å². The summed E-state index contributed by atoms with van der Waals surface area (Å²) >= 11 is 0. The monoisotopic (exact) mass is 292 g/mol. The highest BCUT2D eigenvalue weighted by atomic mass is 15.3. The highest BCUT2D eigenvalue weighted by Crippen LogP contribution is 2.14. The average Bonchev–Trinajstić information content (AvgIpc) is 2.44. The van der Waals surface area contributed by atoms with Gasteiger partial charge in [-0.1, -0.05) is 33.6 Å². The van der Waals surface area contributed by atoms with E-state index in [1.807, 2.05) is 0 Å². The Bertz CT molecular complexity index is 373. The molecule has 1 heterocycles. The molecule has 21 heavy (non-hydrogen) atoms. The maximum Gasteiger partial charge on any atom is 0.151 e. The van der Waals surface area contributed by atoms with Crippen LogP contribution < -0.4 is 10.2 Å². The van der Waals surface area contributed by atoms with Gasteiger partial charge in [0.25, 0.3) is 0 Å². The standard InChI is InChI=1S/C17H32N4/c1-6-7-8-11-21(15(4)5)17-10-9-16(19-20-17)13-18-12-14(2)3/h9-10,14-15,18H,6-8,11-13H2,1-5H3. The molecular formula is C17H32N4. The van der Waals surface area contributed by atoms with E-state index in [2.05, 4.69) is 67.2 Å². The molecule has 0 aliphatic carbocycles. The minimum Gasteiger partial charge on any atom is -0.353 e. The Labute approximate surface area is 130 Å². The van der Waals surface area contributed by atoms with Crippen LogP contribution in [0.25, 0.3) is 0 Å². The fourth-order valence-electron chi connectivity index (χ4n) is 2.26. The summed E-state index contributed by atoms with van der Waals surface area (Å²) in [4.78, 5) is 2.34. The molecule has 0 amide bonds. The lowest BCUT2D eigenvalue weighted by Gasteiger charge is -2.27. The summed E-state index contributed by atoms with van der Waals surface area (Å²) in [6.07, 6.45) is 3.74. The van der Waals surface area contributed by atoms with Crippen molar-refractivity contribution in [1.29, 1.82) is 0 Å². The summed E-state index contributed by atoms with van der Waals surface area (Å²) in [5, 5.41) is 12.2. The van der Waals surface area contributed by atoms with Gasteiger partial charge >= 0.3 is 0 Å². The second-order valence-electron chi connectivity index (χ2n) is 6.40. The van der Waals surface area contributed by atoms with E-state index in [1.54, 1.807) is 0 Å². The number of nitrogens with one attached hydrogen (secondary N) is 1. The Hall–Kier alpha value is -1.16. The normalized spacial score (nSPS) is 11.4. The Balaban J connectivity index is 2.56. The van der Waals surface area contributed by atoms with E-state index in [-0.39, 0.29) is 0 Å². The van der Waals surface area contributed by atoms with Crippen LogP contribution in [0, 0.1) is 5.92 Å². The Kier molecular flexibility index (Phi) is 8.28. The molecule has 0 aliphatic rings. The van der Waals surface area contributed by atoms with Crippen molar-refractivity contribution in [3.63, 3.8) is 0 Å². The largest absolute Gasteiger partial charge is 0.353 e. The number of unbranched alkanes of at least 4 members (excludes halogenated alkanes) is 2. The van der Waals surface area contributed by atoms with Gasteiger partial charge in [-0.2, -0.15) is 5.10 Å². The number of anilines is 1. The number of rotatable bonds is 10. The van der Waals surface area contributed by atoms with Crippen molar-refractivity contribution >= 4 is 5.82 Å². The van der Waals surface area contributed by atoms with Crippen molar-refractivity contribution in [2.75, 3.05) is 18.0 Å². The molecule has 4 nitrogen and oxygen atoms in total. The molecule has 0 atom stereocenters. The molecule has 1 aromatic rings.